The second-order valence-electron chi connectivity index (χ2n) is 8.84. The molecule has 5 N–H and O–H groups in total. The van der Waals surface area contributed by atoms with Gasteiger partial charge in [0.05, 0.1) is 52.5 Å². The highest BCUT2D eigenvalue weighted by atomic mass is 16.5. The van der Waals surface area contributed by atoms with Gasteiger partial charge < -0.3 is 35.2 Å². The molecule has 230 valence electrons. The lowest BCUT2D eigenvalue weighted by Crippen LogP contribution is -2.45. The maximum absolute atomic E-state index is 12.4. The maximum Gasteiger partial charge on any atom is 0.317 e. The van der Waals surface area contributed by atoms with Gasteiger partial charge in [-0.2, -0.15) is 0 Å². The molecule has 0 aromatic rings. The number of rotatable bonds is 27. The summed E-state index contributed by atoms with van der Waals surface area (Å²) >= 11 is 0. The average Bonchev–Trinajstić information content (AvgIpc) is 2.84. The standard InChI is InChI=1S/C24H42N4O12/c1-2-20(30)25-5-11-40-13-12-39-10-3-4-19(29)14-27(16-22(33)34)8-6-26(15-21(31)32)7-9-28(17-23(35)36)18-24(37)38/h2-18H2,1H3,(H,25,30)(H,31,32)(H,33,34)(H,35,36)(H,37,38). The summed E-state index contributed by atoms with van der Waals surface area (Å²) in [4.78, 5) is 71.9. The zero-order valence-corrected chi connectivity index (χ0v) is 22.9. The molecule has 0 radical (unpaired) electrons. The van der Waals surface area contributed by atoms with Crippen LogP contribution in [0.25, 0.3) is 0 Å². The van der Waals surface area contributed by atoms with E-state index in [9.17, 15) is 39.0 Å². The monoisotopic (exact) mass is 578 g/mol. The molecule has 40 heavy (non-hydrogen) atoms. The molecular weight excluding hydrogens is 536 g/mol. The van der Waals surface area contributed by atoms with Crippen LogP contribution >= 0.6 is 0 Å². The van der Waals surface area contributed by atoms with E-state index < -0.39 is 50.1 Å². The Balaban J connectivity index is 4.54. The molecule has 16 heteroatoms. The molecule has 1 amide bonds. The molecule has 0 aliphatic carbocycles. The molecular formula is C24H42N4O12. The van der Waals surface area contributed by atoms with Crippen molar-refractivity contribution >= 4 is 35.6 Å². The van der Waals surface area contributed by atoms with E-state index in [-0.39, 0.29) is 50.8 Å². The molecule has 0 atom stereocenters. The van der Waals surface area contributed by atoms with Gasteiger partial charge in [-0.1, -0.05) is 6.92 Å². The smallest absolute Gasteiger partial charge is 0.317 e. The molecule has 0 spiro atoms. The number of carbonyl (C=O) groups excluding carboxylic acids is 2. The van der Waals surface area contributed by atoms with E-state index in [1.165, 1.54) is 9.80 Å². The van der Waals surface area contributed by atoms with E-state index in [2.05, 4.69) is 5.32 Å². The number of carboxylic acids is 4. The summed E-state index contributed by atoms with van der Waals surface area (Å²) in [5, 5.41) is 39.0. The highest BCUT2D eigenvalue weighted by molar-refractivity contribution is 5.81. The normalized spacial score (nSPS) is 11.2. The van der Waals surface area contributed by atoms with Crippen molar-refractivity contribution in [1.29, 1.82) is 0 Å². The number of carboxylic acid groups (broad SMARTS) is 4. The van der Waals surface area contributed by atoms with Crippen molar-refractivity contribution in [2.24, 2.45) is 0 Å². The van der Waals surface area contributed by atoms with Crippen LogP contribution in [0.5, 0.6) is 0 Å². The molecule has 0 saturated heterocycles. The summed E-state index contributed by atoms with van der Waals surface area (Å²) in [5.74, 6) is -5.06. The average molecular weight is 579 g/mol. The van der Waals surface area contributed by atoms with Crippen LogP contribution < -0.4 is 5.32 Å². The quantitative estimate of drug-likeness (QED) is 0.0674. The minimum absolute atomic E-state index is 0.0240. The van der Waals surface area contributed by atoms with E-state index in [1.54, 1.807) is 6.92 Å². The number of Topliss-reactive ketones (excluding diaryl/α,β-unsaturated/α-hetero) is 1. The first-order valence-corrected chi connectivity index (χ1v) is 12.9. The van der Waals surface area contributed by atoms with E-state index in [4.69, 9.17) is 19.7 Å². The van der Waals surface area contributed by atoms with Gasteiger partial charge in [-0.25, -0.2) is 0 Å². The van der Waals surface area contributed by atoms with Gasteiger partial charge in [-0.3, -0.25) is 43.5 Å². The fourth-order valence-electron chi connectivity index (χ4n) is 3.44. The van der Waals surface area contributed by atoms with Gasteiger partial charge in [0.1, 0.15) is 5.78 Å². The third kappa shape index (κ3) is 22.8. The van der Waals surface area contributed by atoms with Crippen molar-refractivity contribution in [2.45, 2.75) is 26.2 Å². The topological polar surface area (TPSA) is 224 Å². The van der Waals surface area contributed by atoms with Crippen molar-refractivity contribution < 1.29 is 58.7 Å². The summed E-state index contributed by atoms with van der Waals surface area (Å²) in [6.45, 7) is 1.46. The van der Waals surface area contributed by atoms with Crippen molar-refractivity contribution in [3.63, 3.8) is 0 Å². The fourth-order valence-corrected chi connectivity index (χ4v) is 3.44. The summed E-state index contributed by atoms with van der Waals surface area (Å²) in [6, 6.07) is 0. The van der Waals surface area contributed by atoms with Crippen LogP contribution in [0, 0.1) is 0 Å². The van der Waals surface area contributed by atoms with Crippen LogP contribution in [0.3, 0.4) is 0 Å². The number of hydrogen-bond acceptors (Lipinski definition) is 11. The number of aliphatic carboxylic acids is 4. The Morgan fingerprint density at radius 1 is 0.600 bits per heavy atom. The molecule has 0 aliphatic heterocycles. The molecule has 0 unspecified atom stereocenters. The fraction of sp³-hybridized carbons (Fsp3) is 0.750. The second kappa shape index (κ2) is 22.6. The number of amides is 1. The lowest BCUT2D eigenvalue weighted by molar-refractivity contribution is -0.143. The molecule has 0 rings (SSSR count). The van der Waals surface area contributed by atoms with Gasteiger partial charge in [0.15, 0.2) is 0 Å². The van der Waals surface area contributed by atoms with Crippen molar-refractivity contribution in [3.8, 4) is 0 Å². The Labute approximate surface area is 232 Å². The number of ketones is 1. The van der Waals surface area contributed by atoms with Crippen LogP contribution in [-0.2, 0) is 38.2 Å². The van der Waals surface area contributed by atoms with Crippen LogP contribution in [-0.4, -0.2) is 163 Å². The zero-order valence-electron chi connectivity index (χ0n) is 22.9. The van der Waals surface area contributed by atoms with Crippen LogP contribution in [0.4, 0.5) is 0 Å². The van der Waals surface area contributed by atoms with Crippen molar-refractivity contribution in [2.75, 3.05) is 91.9 Å². The lowest BCUT2D eigenvalue weighted by atomic mass is 10.2. The van der Waals surface area contributed by atoms with Gasteiger partial charge in [0.2, 0.25) is 5.91 Å². The summed E-state index contributed by atoms with van der Waals surface area (Å²) in [7, 11) is 0. The second-order valence-corrected chi connectivity index (χ2v) is 8.84. The Bertz CT molecular complexity index is 795. The predicted molar refractivity (Wildman–Crippen MR) is 139 cm³/mol. The van der Waals surface area contributed by atoms with Gasteiger partial charge >= 0.3 is 23.9 Å². The number of nitrogens with one attached hydrogen (secondary N) is 1. The largest absolute Gasteiger partial charge is 0.480 e. The first-order valence-electron chi connectivity index (χ1n) is 12.9. The molecule has 0 fully saturated rings. The zero-order chi connectivity index (χ0) is 30.3. The third-order valence-electron chi connectivity index (χ3n) is 5.31. The number of hydrogen-bond donors (Lipinski definition) is 5. The predicted octanol–water partition coefficient (Wildman–Crippen LogP) is -1.86. The first-order chi connectivity index (χ1) is 18.9. The molecule has 0 aromatic carbocycles. The molecule has 0 saturated carbocycles. The molecule has 0 heterocycles. The van der Waals surface area contributed by atoms with Crippen LogP contribution in [0.15, 0.2) is 0 Å². The Morgan fingerprint density at radius 3 is 1.50 bits per heavy atom. The van der Waals surface area contributed by atoms with Gasteiger partial charge in [0, 0.05) is 52.2 Å². The van der Waals surface area contributed by atoms with Crippen molar-refractivity contribution in [3.05, 3.63) is 0 Å². The van der Waals surface area contributed by atoms with E-state index in [0.717, 1.165) is 4.90 Å². The maximum atomic E-state index is 12.4. The SMILES string of the molecule is CCC(=O)NCCOCCOCCCC(=O)CN(CCN(CCN(CC(=O)O)CC(=O)O)CC(=O)O)CC(=O)O. The Kier molecular flexibility index (Phi) is 20.8. The minimum atomic E-state index is -1.23. The number of nitrogens with zero attached hydrogens (tertiary/aromatic N) is 3. The number of carbonyl (C=O) groups is 6. The minimum Gasteiger partial charge on any atom is -0.480 e. The van der Waals surface area contributed by atoms with Gasteiger partial charge in [-0.05, 0) is 6.42 Å². The first kappa shape index (κ1) is 36.8. The molecule has 0 bridgehead atoms. The van der Waals surface area contributed by atoms with E-state index in [1.807, 2.05) is 0 Å². The third-order valence-corrected chi connectivity index (χ3v) is 5.31. The Hall–Kier alpha value is -3.18. The summed E-state index contributed by atoms with van der Waals surface area (Å²) < 4.78 is 10.7. The summed E-state index contributed by atoms with van der Waals surface area (Å²) in [6.07, 6.45) is 0.975. The molecule has 0 aliphatic rings. The summed E-state index contributed by atoms with van der Waals surface area (Å²) in [5.41, 5.74) is 0. The van der Waals surface area contributed by atoms with Crippen LogP contribution in [0.2, 0.25) is 0 Å². The molecule has 16 nitrogen and oxygen atoms in total. The lowest BCUT2D eigenvalue weighted by Gasteiger charge is -2.27. The van der Waals surface area contributed by atoms with Crippen molar-refractivity contribution in [1.82, 2.24) is 20.0 Å². The van der Waals surface area contributed by atoms with E-state index in [0.29, 0.717) is 45.8 Å². The van der Waals surface area contributed by atoms with Gasteiger partial charge in [-0.15, -0.1) is 0 Å². The van der Waals surface area contributed by atoms with Crippen LogP contribution in [0.1, 0.15) is 26.2 Å². The molecule has 0 aromatic heterocycles. The highest BCUT2D eigenvalue weighted by Gasteiger charge is 2.19. The highest BCUT2D eigenvalue weighted by Crippen LogP contribution is 2.00. The Morgan fingerprint density at radius 2 is 1.02 bits per heavy atom. The van der Waals surface area contributed by atoms with Gasteiger partial charge in [0.25, 0.3) is 0 Å². The van der Waals surface area contributed by atoms with E-state index >= 15 is 0 Å². The number of ether oxygens (including phenoxy) is 2.